The molecule has 0 aromatic carbocycles. The number of hydrogen-bond acceptors (Lipinski definition) is 6. The Hall–Kier alpha value is -1.93. The summed E-state index contributed by atoms with van der Waals surface area (Å²) in [6.45, 7) is 5.84. The highest BCUT2D eigenvalue weighted by molar-refractivity contribution is 5.94. The average Bonchev–Trinajstić information content (AvgIpc) is 3.10. The molecule has 0 aliphatic carbocycles. The molecule has 2 saturated heterocycles. The first-order chi connectivity index (χ1) is 13.0. The average molecular weight is 375 g/mol. The van der Waals surface area contributed by atoms with Crippen molar-refractivity contribution in [1.29, 1.82) is 0 Å². The molecule has 0 bridgehead atoms. The molecule has 4 heterocycles. The van der Waals surface area contributed by atoms with E-state index in [9.17, 15) is 9.59 Å². The lowest BCUT2D eigenvalue weighted by atomic mass is 9.70. The second-order valence-electron chi connectivity index (χ2n) is 8.02. The third-order valence-electron chi connectivity index (χ3n) is 6.31. The number of aromatic nitrogens is 2. The maximum absolute atomic E-state index is 13.3. The minimum Gasteiger partial charge on any atom is -0.465 e. The Kier molecular flexibility index (Phi) is 4.94. The zero-order valence-corrected chi connectivity index (χ0v) is 16.2. The lowest BCUT2D eigenvalue weighted by Crippen LogP contribution is -2.64. The van der Waals surface area contributed by atoms with Crippen LogP contribution >= 0.6 is 0 Å². The van der Waals surface area contributed by atoms with Crippen molar-refractivity contribution in [3.05, 3.63) is 17.0 Å². The van der Waals surface area contributed by atoms with Gasteiger partial charge in [0.2, 0.25) is 0 Å². The minimum absolute atomic E-state index is 0.0736. The van der Waals surface area contributed by atoms with Gasteiger partial charge in [-0.1, -0.05) is 0 Å². The Morgan fingerprint density at radius 3 is 3.04 bits per heavy atom. The number of ether oxygens (including phenoxy) is 1. The molecule has 0 unspecified atom stereocenters. The number of carbonyl (C=O) groups excluding carboxylic acids is 2. The third kappa shape index (κ3) is 3.14. The largest absolute Gasteiger partial charge is 0.465 e. The molecule has 8 nitrogen and oxygen atoms in total. The molecule has 1 aromatic heterocycles. The summed E-state index contributed by atoms with van der Waals surface area (Å²) in [4.78, 5) is 30.2. The number of hydrogen-bond donors (Lipinski definition) is 2. The fourth-order valence-electron chi connectivity index (χ4n) is 4.84. The van der Waals surface area contributed by atoms with Crippen LogP contribution in [0.25, 0.3) is 0 Å². The van der Waals surface area contributed by atoms with E-state index in [1.54, 1.807) is 0 Å². The predicted molar refractivity (Wildman–Crippen MR) is 99.2 cm³/mol. The van der Waals surface area contributed by atoms with Crippen LogP contribution < -0.4 is 5.32 Å². The smallest absolute Gasteiger partial charge is 0.315 e. The maximum atomic E-state index is 13.3. The molecule has 2 N–H and O–H groups in total. The van der Waals surface area contributed by atoms with Gasteiger partial charge in [0.15, 0.2) is 5.69 Å². The maximum Gasteiger partial charge on any atom is 0.315 e. The lowest BCUT2D eigenvalue weighted by Gasteiger charge is -2.49. The molecule has 1 amide bonds. The molecule has 2 fully saturated rings. The van der Waals surface area contributed by atoms with Crippen molar-refractivity contribution in [3.63, 3.8) is 0 Å². The van der Waals surface area contributed by atoms with Crippen LogP contribution in [-0.4, -0.2) is 77.7 Å². The minimum atomic E-state index is -0.644. The van der Waals surface area contributed by atoms with Gasteiger partial charge in [-0.2, -0.15) is 5.10 Å². The van der Waals surface area contributed by atoms with E-state index in [4.69, 9.17) is 4.74 Å². The van der Waals surface area contributed by atoms with Crippen LogP contribution in [0.15, 0.2) is 0 Å². The number of likely N-dealkylation sites (tertiary alicyclic amines) is 1. The zero-order chi connectivity index (χ0) is 19.0. The van der Waals surface area contributed by atoms with E-state index in [1.807, 2.05) is 11.8 Å². The summed E-state index contributed by atoms with van der Waals surface area (Å²) in [7, 11) is 2.05. The van der Waals surface area contributed by atoms with Crippen molar-refractivity contribution in [3.8, 4) is 0 Å². The van der Waals surface area contributed by atoms with Crippen molar-refractivity contribution in [2.45, 2.75) is 45.2 Å². The van der Waals surface area contributed by atoms with E-state index < -0.39 is 5.41 Å². The first-order valence-electron chi connectivity index (χ1n) is 9.99. The van der Waals surface area contributed by atoms with Crippen LogP contribution in [0.2, 0.25) is 0 Å². The van der Waals surface area contributed by atoms with Crippen molar-refractivity contribution >= 4 is 11.9 Å². The van der Waals surface area contributed by atoms with Gasteiger partial charge in [-0.25, -0.2) is 0 Å². The number of aromatic amines is 1. The quantitative estimate of drug-likeness (QED) is 0.750. The number of nitrogens with zero attached hydrogens (tertiary/aromatic N) is 3. The molecular formula is C19H29N5O3. The fourth-order valence-corrected chi connectivity index (χ4v) is 4.84. The van der Waals surface area contributed by atoms with Crippen molar-refractivity contribution in [1.82, 2.24) is 25.3 Å². The summed E-state index contributed by atoms with van der Waals surface area (Å²) in [6.07, 6.45) is 3.32. The first-order valence-corrected chi connectivity index (χ1v) is 9.99. The molecule has 0 spiro atoms. The van der Waals surface area contributed by atoms with Crippen molar-refractivity contribution in [2.24, 2.45) is 5.41 Å². The van der Waals surface area contributed by atoms with E-state index in [-0.39, 0.29) is 17.9 Å². The Bertz CT molecular complexity index is 733. The van der Waals surface area contributed by atoms with Gasteiger partial charge in [-0.3, -0.25) is 14.7 Å². The van der Waals surface area contributed by atoms with E-state index in [1.165, 1.54) is 0 Å². The first kappa shape index (κ1) is 18.4. The Labute approximate surface area is 159 Å². The summed E-state index contributed by atoms with van der Waals surface area (Å²) in [5.41, 5.74) is 1.93. The number of esters is 1. The molecule has 0 saturated carbocycles. The van der Waals surface area contributed by atoms with Gasteiger partial charge in [-0.05, 0) is 39.8 Å². The second-order valence-corrected chi connectivity index (χ2v) is 8.02. The van der Waals surface area contributed by atoms with Gasteiger partial charge >= 0.3 is 5.97 Å². The summed E-state index contributed by atoms with van der Waals surface area (Å²) < 4.78 is 5.42. The van der Waals surface area contributed by atoms with Gasteiger partial charge < -0.3 is 19.9 Å². The summed E-state index contributed by atoms with van der Waals surface area (Å²) in [6, 6.07) is 0.0774. The Morgan fingerprint density at radius 1 is 1.37 bits per heavy atom. The van der Waals surface area contributed by atoms with Gasteiger partial charge in [0, 0.05) is 49.9 Å². The summed E-state index contributed by atoms with van der Waals surface area (Å²) >= 11 is 0. The number of likely N-dealkylation sites (N-methyl/N-ethyl adjacent to an activating group) is 1. The van der Waals surface area contributed by atoms with Crippen LogP contribution in [-0.2, 0) is 22.5 Å². The molecule has 8 heteroatoms. The molecule has 148 valence electrons. The predicted octanol–water partition coefficient (Wildman–Crippen LogP) is 0.545. The van der Waals surface area contributed by atoms with Gasteiger partial charge in [-0.15, -0.1) is 0 Å². The number of rotatable bonds is 3. The third-order valence-corrected chi connectivity index (χ3v) is 6.31. The number of H-pyrrole nitrogens is 1. The molecule has 3 aliphatic heterocycles. The zero-order valence-electron chi connectivity index (χ0n) is 16.2. The monoisotopic (exact) mass is 375 g/mol. The van der Waals surface area contributed by atoms with Crippen LogP contribution in [0.5, 0.6) is 0 Å². The molecule has 0 radical (unpaired) electrons. The molecule has 1 aromatic rings. The summed E-state index contributed by atoms with van der Waals surface area (Å²) in [5, 5.41) is 10.9. The number of amides is 1. The Morgan fingerprint density at radius 2 is 2.22 bits per heavy atom. The number of nitrogens with one attached hydrogen (secondary N) is 2. The molecule has 2 atom stereocenters. The highest BCUT2D eigenvalue weighted by Crippen LogP contribution is 2.39. The molecule has 4 rings (SSSR count). The van der Waals surface area contributed by atoms with Crippen molar-refractivity contribution in [2.75, 3.05) is 39.8 Å². The highest BCUT2D eigenvalue weighted by atomic mass is 16.5. The summed E-state index contributed by atoms with van der Waals surface area (Å²) in [5.74, 6) is -0.251. The van der Waals surface area contributed by atoms with Gasteiger partial charge in [0.1, 0.15) is 5.41 Å². The van der Waals surface area contributed by atoms with Gasteiger partial charge in [0.25, 0.3) is 5.91 Å². The van der Waals surface area contributed by atoms with Gasteiger partial charge in [0.05, 0.1) is 6.61 Å². The van der Waals surface area contributed by atoms with Crippen LogP contribution in [0.4, 0.5) is 0 Å². The van der Waals surface area contributed by atoms with Crippen LogP contribution in [0, 0.1) is 5.41 Å². The van der Waals surface area contributed by atoms with E-state index >= 15 is 0 Å². The van der Waals surface area contributed by atoms with Crippen LogP contribution in [0.1, 0.15) is 47.9 Å². The molecule has 3 aliphatic rings. The fraction of sp³-hybridized carbons (Fsp3) is 0.737. The Balaban J connectivity index is 1.59. The molecule has 27 heavy (non-hydrogen) atoms. The lowest BCUT2D eigenvalue weighted by molar-refractivity contribution is -0.162. The van der Waals surface area contributed by atoms with E-state index in [0.29, 0.717) is 25.4 Å². The van der Waals surface area contributed by atoms with E-state index in [0.717, 1.165) is 56.6 Å². The normalized spacial score (nSPS) is 28.4. The number of fused-ring (bicyclic) bond motifs is 2. The SMILES string of the molecule is CCOC(=O)[C@]12CCCN[C@@H]1CCN(C(=O)c1n[nH]c3c1CN(C)CC3)C2. The highest BCUT2D eigenvalue weighted by Gasteiger charge is 2.52. The van der Waals surface area contributed by atoms with Crippen LogP contribution in [0.3, 0.4) is 0 Å². The number of carbonyl (C=O) groups is 2. The van der Waals surface area contributed by atoms with Crippen molar-refractivity contribution < 1.29 is 14.3 Å². The second kappa shape index (κ2) is 7.24. The number of piperidine rings is 2. The standard InChI is InChI=1S/C19H29N5O3/c1-3-27-18(26)19-7-4-8-20-15(19)6-10-24(12-19)17(25)16-13-11-23(2)9-5-14(13)21-22-16/h15,20H,3-12H2,1-2H3,(H,21,22)/t15-,19+/m1/s1. The van der Waals surface area contributed by atoms with E-state index in [2.05, 4.69) is 27.5 Å². The molecular weight excluding hydrogens is 346 g/mol. The topological polar surface area (TPSA) is 90.6 Å².